The molecule has 0 aliphatic carbocycles. The van der Waals surface area contributed by atoms with Gasteiger partial charge in [-0.15, -0.1) is 0 Å². The predicted molar refractivity (Wildman–Crippen MR) is 127 cm³/mol. The highest BCUT2D eigenvalue weighted by atomic mass is 31.2. The molecule has 0 saturated carbocycles. The molecule has 0 bridgehead atoms. The highest BCUT2D eigenvalue weighted by molar-refractivity contribution is 7.92. The van der Waals surface area contributed by atoms with Gasteiger partial charge in [0.25, 0.3) is 7.49 Å². The van der Waals surface area contributed by atoms with Gasteiger partial charge in [0, 0.05) is 5.88 Å². The van der Waals surface area contributed by atoms with Crippen molar-refractivity contribution in [2.24, 2.45) is 0 Å². The van der Waals surface area contributed by atoms with Crippen molar-refractivity contribution in [3.05, 3.63) is 110 Å². The molecular weight excluding hydrogens is 423 g/mol. The molecule has 0 fully saturated rings. The molecule has 0 radical (unpaired) electrons. The van der Waals surface area contributed by atoms with Crippen molar-refractivity contribution >= 4 is 23.4 Å². The maximum absolute atomic E-state index is 12.7. The second-order valence-electron chi connectivity index (χ2n) is 7.78. The van der Waals surface area contributed by atoms with Gasteiger partial charge in [-0.2, -0.15) is 0 Å². The zero-order valence-corrected chi connectivity index (χ0v) is 18.9. The molecule has 4 aromatic rings. The van der Waals surface area contributed by atoms with Gasteiger partial charge >= 0.3 is 11.2 Å². The maximum atomic E-state index is 12.7. The van der Waals surface area contributed by atoms with Gasteiger partial charge in [-0.05, 0) is 73.9 Å². The normalized spacial score (nSPS) is 11.3. The topological polar surface area (TPSA) is 98.0 Å². The van der Waals surface area contributed by atoms with Gasteiger partial charge in [0.05, 0.1) is 0 Å². The molecule has 0 spiro atoms. The van der Waals surface area contributed by atoms with E-state index in [9.17, 15) is 14.7 Å². The number of rotatable bonds is 5. The van der Waals surface area contributed by atoms with Crippen molar-refractivity contribution in [2.75, 3.05) is 0 Å². The second-order valence-corrected chi connectivity index (χ2v) is 10.7. The van der Waals surface area contributed by atoms with Gasteiger partial charge in [-0.1, -0.05) is 36.4 Å². The fourth-order valence-electron chi connectivity index (χ4n) is 3.75. The van der Waals surface area contributed by atoms with Gasteiger partial charge in [0.2, 0.25) is 5.75 Å². The first-order chi connectivity index (χ1) is 15.3. The average molecular weight is 446 g/mol. The summed E-state index contributed by atoms with van der Waals surface area (Å²) in [5.41, 5.74) is 1.35. The monoisotopic (exact) mass is 446 g/mol. The molecule has 6 nitrogen and oxygen atoms in total. The second kappa shape index (κ2) is 8.48. The predicted octanol–water partition coefficient (Wildman–Crippen LogP) is 2.35. The first-order valence-corrected chi connectivity index (χ1v) is 11.8. The molecule has 32 heavy (non-hydrogen) atoms. The third-order valence-electron chi connectivity index (χ3n) is 5.19. The Kier molecular flexibility index (Phi) is 5.72. The summed E-state index contributed by atoms with van der Waals surface area (Å²) in [6.07, 6.45) is 0. The summed E-state index contributed by atoms with van der Waals surface area (Å²) in [6, 6.07) is 23.7. The van der Waals surface area contributed by atoms with E-state index < -0.39 is 30.4 Å². The van der Waals surface area contributed by atoms with E-state index in [1.165, 1.54) is 0 Å². The Bertz CT molecular complexity index is 1300. The van der Waals surface area contributed by atoms with Gasteiger partial charge in [-0.25, -0.2) is 4.79 Å². The lowest BCUT2D eigenvalue weighted by Gasteiger charge is -2.27. The number of aromatic amines is 2. The van der Waals surface area contributed by atoms with E-state index in [1.807, 2.05) is 93.6 Å². The molecule has 0 saturated heterocycles. The van der Waals surface area contributed by atoms with Crippen molar-refractivity contribution in [1.82, 2.24) is 9.97 Å². The molecule has 0 aliphatic rings. The Morgan fingerprint density at radius 1 is 0.719 bits per heavy atom. The average Bonchev–Trinajstić information content (AvgIpc) is 2.73. The zero-order chi connectivity index (χ0) is 22.9. The first kappa shape index (κ1) is 21.6. The van der Waals surface area contributed by atoms with E-state index in [0.717, 1.165) is 32.6 Å². The molecule has 7 heteroatoms. The minimum atomic E-state index is -2.97. The zero-order valence-electron chi connectivity index (χ0n) is 18.0. The third kappa shape index (κ3) is 3.97. The SMILES string of the molecule is Cc1cccc([P+](Oc2c([O-])[nH]c(=O)[nH]c2=O)(c2cccc(C)c2)c2cccc(C)c2)c1. The van der Waals surface area contributed by atoms with Crippen LogP contribution in [-0.2, 0) is 0 Å². The lowest BCUT2D eigenvalue weighted by molar-refractivity contribution is -0.276. The Morgan fingerprint density at radius 2 is 1.16 bits per heavy atom. The minimum absolute atomic E-state index is 0.428. The van der Waals surface area contributed by atoms with E-state index in [4.69, 9.17) is 4.52 Å². The van der Waals surface area contributed by atoms with E-state index >= 15 is 0 Å². The van der Waals surface area contributed by atoms with Crippen molar-refractivity contribution in [1.29, 1.82) is 0 Å². The van der Waals surface area contributed by atoms with E-state index in [0.29, 0.717) is 0 Å². The Labute approximate surface area is 186 Å². The van der Waals surface area contributed by atoms with Crippen LogP contribution in [-0.4, -0.2) is 9.97 Å². The summed E-state index contributed by atoms with van der Waals surface area (Å²) in [5, 5.41) is 15.2. The van der Waals surface area contributed by atoms with Crippen molar-refractivity contribution < 1.29 is 9.63 Å². The lowest BCUT2D eigenvalue weighted by atomic mass is 10.2. The molecule has 0 aliphatic heterocycles. The van der Waals surface area contributed by atoms with Crippen LogP contribution in [0.4, 0.5) is 0 Å². The van der Waals surface area contributed by atoms with Crippen LogP contribution in [0.5, 0.6) is 11.6 Å². The summed E-state index contributed by atoms with van der Waals surface area (Å²) in [7, 11) is -2.97. The standard InChI is InChI=1S/C25H23N2O4P/c1-16-7-4-10-19(13-16)32(20-11-5-8-17(2)14-20,21-12-6-9-18(3)15-21)31-22-23(28)26-25(30)27-24(22)29/h4-15H,1-3H3,(H2-,26,27,28,29,30). The largest absolute Gasteiger partial charge is 0.857 e. The van der Waals surface area contributed by atoms with Crippen molar-refractivity contribution in [3.8, 4) is 11.6 Å². The highest BCUT2D eigenvalue weighted by Crippen LogP contribution is 2.56. The summed E-state index contributed by atoms with van der Waals surface area (Å²) in [4.78, 5) is 28.5. The highest BCUT2D eigenvalue weighted by Gasteiger charge is 2.50. The van der Waals surface area contributed by atoms with Crippen LogP contribution in [0.3, 0.4) is 0 Å². The van der Waals surface area contributed by atoms with E-state index in [-0.39, 0.29) is 0 Å². The number of H-pyrrole nitrogens is 2. The molecule has 0 amide bonds. The number of benzene rings is 3. The number of nitrogens with one attached hydrogen (secondary N) is 2. The van der Waals surface area contributed by atoms with Crippen LogP contribution in [0.2, 0.25) is 0 Å². The lowest BCUT2D eigenvalue weighted by Crippen LogP contribution is -2.37. The number of aromatic nitrogens is 2. The van der Waals surface area contributed by atoms with Gasteiger partial charge in [0.1, 0.15) is 15.9 Å². The van der Waals surface area contributed by atoms with E-state index in [2.05, 4.69) is 9.97 Å². The minimum Gasteiger partial charge on any atom is -0.857 e. The molecule has 2 N–H and O–H groups in total. The maximum Gasteiger partial charge on any atom is 0.325 e. The summed E-state index contributed by atoms with van der Waals surface area (Å²) >= 11 is 0. The van der Waals surface area contributed by atoms with Crippen LogP contribution < -0.4 is 36.8 Å². The molecule has 3 aromatic carbocycles. The summed E-state index contributed by atoms with van der Waals surface area (Å²) < 4.78 is 6.53. The van der Waals surface area contributed by atoms with Crippen LogP contribution in [0, 0.1) is 20.8 Å². The summed E-state index contributed by atoms with van der Waals surface area (Å²) in [5.74, 6) is -1.28. The first-order valence-electron chi connectivity index (χ1n) is 10.1. The quantitative estimate of drug-likeness (QED) is 0.460. The number of hydrogen-bond acceptors (Lipinski definition) is 4. The molecule has 1 heterocycles. The van der Waals surface area contributed by atoms with E-state index in [1.54, 1.807) is 0 Å². The molecular formula is C25H23N2O4P. The Balaban J connectivity index is 2.13. The molecule has 0 unspecified atom stereocenters. The fourth-order valence-corrected chi connectivity index (χ4v) is 7.45. The summed E-state index contributed by atoms with van der Waals surface area (Å²) in [6.45, 7) is 5.95. The number of hydrogen-bond donors (Lipinski definition) is 2. The Hall–Kier alpha value is -3.63. The molecule has 0 atom stereocenters. The smallest absolute Gasteiger partial charge is 0.325 e. The fraction of sp³-hybridized carbons (Fsp3) is 0.120. The van der Waals surface area contributed by atoms with Crippen LogP contribution in [0.25, 0.3) is 0 Å². The molecule has 4 rings (SSSR count). The van der Waals surface area contributed by atoms with Crippen LogP contribution in [0.15, 0.2) is 82.4 Å². The van der Waals surface area contributed by atoms with Crippen LogP contribution in [0.1, 0.15) is 16.7 Å². The number of aryl methyl sites for hydroxylation is 3. The van der Waals surface area contributed by atoms with Crippen molar-refractivity contribution in [3.63, 3.8) is 0 Å². The van der Waals surface area contributed by atoms with Crippen LogP contribution >= 0.6 is 7.49 Å². The van der Waals surface area contributed by atoms with Gasteiger partial charge in [-0.3, -0.25) is 9.78 Å². The van der Waals surface area contributed by atoms with Gasteiger partial charge < -0.3 is 14.6 Å². The third-order valence-corrected chi connectivity index (χ3v) is 8.66. The molecule has 1 aromatic heterocycles. The molecule has 162 valence electrons. The van der Waals surface area contributed by atoms with Crippen molar-refractivity contribution in [2.45, 2.75) is 20.8 Å². The Morgan fingerprint density at radius 3 is 1.53 bits per heavy atom. The van der Waals surface area contributed by atoms with Gasteiger partial charge in [0.15, 0.2) is 0 Å².